The Bertz CT molecular complexity index is 1740. The number of nitrogens with one attached hydrogen (secondary N) is 2. The number of ether oxygens (including phenoxy) is 3. The number of hydrogen-bond acceptors (Lipinski definition) is 7. The van der Waals surface area contributed by atoms with Crippen molar-refractivity contribution in [3.63, 3.8) is 0 Å². The summed E-state index contributed by atoms with van der Waals surface area (Å²) in [6.07, 6.45) is 3.13. The summed E-state index contributed by atoms with van der Waals surface area (Å²) in [7, 11) is 1.65. The van der Waals surface area contributed by atoms with Crippen LogP contribution in [0, 0.1) is 20.8 Å². The number of H-pyrrole nitrogens is 1. The summed E-state index contributed by atoms with van der Waals surface area (Å²) in [6.45, 7) is 12.2. The maximum atomic E-state index is 14.0. The van der Waals surface area contributed by atoms with E-state index in [0.29, 0.717) is 63.5 Å². The van der Waals surface area contributed by atoms with Gasteiger partial charge in [-0.1, -0.05) is 12.1 Å². The number of hydrogen-bond donors (Lipinski definition) is 2. The van der Waals surface area contributed by atoms with Crippen molar-refractivity contribution >= 4 is 23.2 Å². The van der Waals surface area contributed by atoms with Crippen molar-refractivity contribution in [2.45, 2.75) is 71.4 Å². The van der Waals surface area contributed by atoms with Crippen LogP contribution in [0.4, 0.5) is 11.4 Å². The van der Waals surface area contributed by atoms with Crippen LogP contribution in [-0.2, 0) is 31.0 Å². The lowest BCUT2D eigenvalue weighted by Crippen LogP contribution is -2.45. The number of pyridine rings is 1. The molecule has 1 spiro atoms. The van der Waals surface area contributed by atoms with Crippen LogP contribution in [-0.4, -0.2) is 76.1 Å². The van der Waals surface area contributed by atoms with Gasteiger partial charge in [0.25, 0.3) is 11.5 Å². The Morgan fingerprint density at radius 1 is 1.02 bits per heavy atom. The second-order valence-electron chi connectivity index (χ2n) is 13.3. The van der Waals surface area contributed by atoms with Crippen molar-refractivity contribution in [1.82, 2.24) is 10.3 Å². The summed E-state index contributed by atoms with van der Waals surface area (Å²) in [4.78, 5) is 47.9. The zero-order valence-corrected chi connectivity index (χ0v) is 28.9. The summed E-state index contributed by atoms with van der Waals surface area (Å²) in [6, 6.07) is 12.6. The molecule has 10 nitrogen and oxygen atoms in total. The molecule has 3 aliphatic rings. The van der Waals surface area contributed by atoms with Crippen LogP contribution in [0.1, 0.15) is 70.9 Å². The molecule has 4 heterocycles. The summed E-state index contributed by atoms with van der Waals surface area (Å²) in [5, 5.41) is 3.04. The van der Waals surface area contributed by atoms with Crippen molar-refractivity contribution in [2.75, 3.05) is 63.0 Å². The van der Waals surface area contributed by atoms with Crippen LogP contribution in [0.2, 0.25) is 0 Å². The van der Waals surface area contributed by atoms with E-state index in [4.69, 9.17) is 14.2 Å². The summed E-state index contributed by atoms with van der Waals surface area (Å²) < 4.78 is 16.8. The highest BCUT2D eigenvalue weighted by molar-refractivity contribution is 6.09. The van der Waals surface area contributed by atoms with Crippen LogP contribution in [0.3, 0.4) is 0 Å². The summed E-state index contributed by atoms with van der Waals surface area (Å²) >= 11 is 0. The first-order valence-electron chi connectivity index (χ1n) is 17.2. The molecule has 0 radical (unpaired) electrons. The number of aromatic amines is 1. The van der Waals surface area contributed by atoms with Crippen LogP contribution < -0.4 is 20.7 Å². The number of benzene rings is 2. The van der Waals surface area contributed by atoms with Gasteiger partial charge in [0.2, 0.25) is 5.91 Å². The Morgan fingerprint density at radius 3 is 2.44 bits per heavy atom. The van der Waals surface area contributed by atoms with E-state index >= 15 is 0 Å². The minimum atomic E-state index is -0.586. The molecule has 0 aliphatic carbocycles. The molecule has 0 saturated carbocycles. The molecular formula is C38H48N4O6. The maximum absolute atomic E-state index is 14.0. The van der Waals surface area contributed by atoms with Gasteiger partial charge < -0.3 is 34.3 Å². The van der Waals surface area contributed by atoms with E-state index in [2.05, 4.69) is 46.4 Å². The molecule has 256 valence electrons. The van der Waals surface area contributed by atoms with Crippen LogP contribution in [0.5, 0.6) is 0 Å². The molecule has 3 aliphatic heterocycles. The third-order valence-electron chi connectivity index (χ3n) is 10.5. The number of nitrogens with zero attached hydrogens (tertiary/aromatic N) is 2. The Kier molecular flexibility index (Phi) is 10.1. The lowest BCUT2D eigenvalue weighted by molar-refractivity contribution is -0.126. The standard InChI is InChI=1S/C38H48N4O6/c1-6-41(29-9-14-47-15-10-29)33-22-28(20-30(26(33)4)35(43)39-23-31-24(2)19-25(3)40-36(31)44)27-7-8-32-34(21-27)42(13-18-46-5)37(45)38(32)11-16-48-17-12-38/h7-8,19-22,29H,6,9-18,23H2,1-5H3,(H,39,43)(H,40,44). The lowest BCUT2D eigenvalue weighted by atomic mass is 9.75. The number of aryl methyl sites for hydroxylation is 2. The van der Waals surface area contributed by atoms with Gasteiger partial charge in [0.05, 0.1) is 12.0 Å². The zero-order valence-electron chi connectivity index (χ0n) is 28.9. The van der Waals surface area contributed by atoms with Crippen molar-refractivity contribution in [1.29, 1.82) is 0 Å². The predicted molar refractivity (Wildman–Crippen MR) is 187 cm³/mol. The number of methoxy groups -OCH3 is 1. The Balaban J connectivity index is 1.43. The van der Waals surface area contributed by atoms with E-state index in [-0.39, 0.29) is 30.0 Å². The number of aromatic nitrogens is 1. The van der Waals surface area contributed by atoms with Gasteiger partial charge in [-0.05, 0) is 105 Å². The van der Waals surface area contributed by atoms with Gasteiger partial charge in [0, 0.05) is 87.4 Å². The number of fused-ring (bicyclic) bond motifs is 2. The fourth-order valence-corrected chi connectivity index (χ4v) is 7.82. The molecule has 10 heteroatoms. The first-order chi connectivity index (χ1) is 23.2. The molecule has 2 N–H and O–H groups in total. The molecule has 2 saturated heterocycles. The molecule has 6 rings (SSSR count). The quantitative estimate of drug-likeness (QED) is 0.318. The monoisotopic (exact) mass is 656 g/mol. The molecule has 0 atom stereocenters. The summed E-state index contributed by atoms with van der Waals surface area (Å²) in [5.41, 5.74) is 7.60. The highest BCUT2D eigenvalue weighted by Gasteiger charge is 2.51. The molecule has 1 aromatic heterocycles. The molecule has 48 heavy (non-hydrogen) atoms. The van der Waals surface area contributed by atoms with Crippen molar-refractivity contribution in [2.24, 2.45) is 0 Å². The Labute approximate surface area is 282 Å². The molecule has 2 aromatic carbocycles. The molecular weight excluding hydrogens is 608 g/mol. The second kappa shape index (κ2) is 14.2. The van der Waals surface area contributed by atoms with Crippen molar-refractivity contribution in [3.05, 3.63) is 80.3 Å². The van der Waals surface area contributed by atoms with E-state index in [9.17, 15) is 14.4 Å². The zero-order chi connectivity index (χ0) is 34.0. The number of carbonyl (C=O) groups is 2. The number of amides is 2. The Morgan fingerprint density at radius 2 is 1.75 bits per heavy atom. The van der Waals surface area contributed by atoms with E-state index in [1.807, 2.05) is 37.8 Å². The minimum absolute atomic E-state index is 0.109. The van der Waals surface area contributed by atoms with Crippen molar-refractivity contribution < 1.29 is 23.8 Å². The highest BCUT2D eigenvalue weighted by atomic mass is 16.5. The van der Waals surface area contributed by atoms with Gasteiger partial charge in [-0.3, -0.25) is 14.4 Å². The average molecular weight is 657 g/mol. The molecule has 0 unspecified atom stereocenters. The minimum Gasteiger partial charge on any atom is -0.383 e. The molecule has 2 amide bonds. The van der Waals surface area contributed by atoms with Crippen LogP contribution in [0.15, 0.2) is 41.2 Å². The van der Waals surface area contributed by atoms with Crippen LogP contribution in [0.25, 0.3) is 11.1 Å². The van der Waals surface area contributed by atoms with Gasteiger partial charge in [0.1, 0.15) is 0 Å². The maximum Gasteiger partial charge on any atom is 0.253 e. The fraction of sp³-hybridized carbons (Fsp3) is 0.500. The highest BCUT2D eigenvalue weighted by Crippen LogP contribution is 2.49. The molecule has 0 bridgehead atoms. The van der Waals surface area contributed by atoms with E-state index in [1.54, 1.807) is 7.11 Å². The van der Waals surface area contributed by atoms with E-state index in [0.717, 1.165) is 64.3 Å². The van der Waals surface area contributed by atoms with Gasteiger partial charge in [0.15, 0.2) is 0 Å². The second-order valence-corrected chi connectivity index (χ2v) is 13.3. The lowest BCUT2D eigenvalue weighted by Gasteiger charge is -2.37. The summed E-state index contributed by atoms with van der Waals surface area (Å²) in [5.74, 6) is -0.130. The van der Waals surface area contributed by atoms with Crippen LogP contribution >= 0.6 is 0 Å². The smallest absolute Gasteiger partial charge is 0.253 e. The van der Waals surface area contributed by atoms with Gasteiger partial charge in [-0.15, -0.1) is 0 Å². The normalized spacial score (nSPS) is 17.5. The van der Waals surface area contributed by atoms with E-state index in [1.165, 1.54) is 0 Å². The average Bonchev–Trinajstić information content (AvgIpc) is 3.30. The number of anilines is 2. The number of carbonyl (C=O) groups excluding carboxylic acids is 2. The van der Waals surface area contributed by atoms with Gasteiger partial charge >= 0.3 is 0 Å². The fourth-order valence-electron chi connectivity index (χ4n) is 7.82. The number of rotatable bonds is 10. The first-order valence-corrected chi connectivity index (χ1v) is 17.2. The third kappa shape index (κ3) is 6.29. The first kappa shape index (κ1) is 33.9. The Hall–Kier alpha value is -3.99. The molecule has 2 fully saturated rings. The largest absolute Gasteiger partial charge is 0.383 e. The topological polar surface area (TPSA) is 113 Å². The van der Waals surface area contributed by atoms with Crippen molar-refractivity contribution in [3.8, 4) is 11.1 Å². The van der Waals surface area contributed by atoms with Gasteiger partial charge in [-0.25, -0.2) is 0 Å². The van der Waals surface area contributed by atoms with Gasteiger partial charge in [-0.2, -0.15) is 0 Å². The van der Waals surface area contributed by atoms with E-state index < -0.39 is 5.41 Å². The molecule has 3 aromatic rings. The predicted octanol–water partition coefficient (Wildman–Crippen LogP) is 4.94. The third-order valence-corrected chi connectivity index (χ3v) is 10.5. The SMILES string of the molecule is CCN(c1cc(-c2ccc3c(c2)N(CCOC)C(=O)C32CCOCC2)cc(C(=O)NCc2c(C)cc(C)[nH]c2=O)c1C)C1CCOCC1.